The number of primary amides is 1. The van der Waals surface area contributed by atoms with Crippen LogP contribution in [0.15, 0.2) is 24.4 Å². The van der Waals surface area contributed by atoms with Crippen LogP contribution in [0.3, 0.4) is 0 Å². The minimum Gasteiger partial charge on any atom is -0.367 e. The van der Waals surface area contributed by atoms with Gasteiger partial charge in [-0.1, -0.05) is 6.07 Å². The normalized spacial score (nSPS) is 22.0. The van der Waals surface area contributed by atoms with Gasteiger partial charge in [-0.2, -0.15) is 0 Å². The summed E-state index contributed by atoms with van der Waals surface area (Å²) in [6, 6.07) is 5.68. The molecule has 22 heavy (non-hydrogen) atoms. The maximum Gasteiger partial charge on any atom is 0.274 e. The molecule has 0 aliphatic carbocycles. The van der Waals surface area contributed by atoms with Gasteiger partial charge in [0.2, 0.25) is 0 Å². The van der Waals surface area contributed by atoms with Gasteiger partial charge in [-0.3, -0.25) is 9.59 Å². The molecule has 0 saturated carbocycles. The summed E-state index contributed by atoms with van der Waals surface area (Å²) in [7, 11) is 0. The second-order valence-electron chi connectivity index (χ2n) is 5.69. The topological polar surface area (TPSA) is 89.9 Å². The smallest absolute Gasteiger partial charge is 0.274 e. The van der Waals surface area contributed by atoms with Crippen LogP contribution in [-0.2, 0) is 9.53 Å². The van der Waals surface area contributed by atoms with Crippen LogP contribution in [0.5, 0.6) is 0 Å². The summed E-state index contributed by atoms with van der Waals surface area (Å²) >= 11 is 0. The number of amides is 2. The Bertz CT molecular complexity index is 754. The van der Waals surface area contributed by atoms with E-state index >= 15 is 0 Å². The molecule has 0 spiro atoms. The Morgan fingerprint density at radius 1 is 1.41 bits per heavy atom. The number of carbonyl (C=O) groups is 2. The quantitative estimate of drug-likeness (QED) is 0.867. The molecule has 2 aromatic rings. The summed E-state index contributed by atoms with van der Waals surface area (Å²) in [6.07, 6.45) is 1.71. The first-order valence-electron chi connectivity index (χ1n) is 7.08. The Morgan fingerprint density at radius 2 is 2.18 bits per heavy atom. The van der Waals surface area contributed by atoms with Gasteiger partial charge in [0, 0.05) is 18.4 Å². The third-order valence-electron chi connectivity index (χ3n) is 4.00. The SMILES string of the molecule is Cc1cccc2nc(C(=O)N3CCOC(C)(C(N)=O)C3)cn12. The van der Waals surface area contributed by atoms with E-state index in [0.717, 1.165) is 5.69 Å². The molecular weight excluding hydrogens is 284 g/mol. The zero-order chi connectivity index (χ0) is 15.9. The number of nitrogens with zero attached hydrogens (tertiary/aromatic N) is 3. The second kappa shape index (κ2) is 5.10. The Kier molecular flexibility index (Phi) is 3.37. The molecule has 2 N–H and O–H groups in total. The summed E-state index contributed by atoms with van der Waals surface area (Å²) in [5, 5.41) is 0. The fourth-order valence-corrected chi connectivity index (χ4v) is 2.61. The lowest BCUT2D eigenvalue weighted by molar-refractivity contribution is -0.150. The maximum absolute atomic E-state index is 12.6. The van der Waals surface area contributed by atoms with Crippen LogP contribution in [0.4, 0.5) is 0 Å². The Labute approximate surface area is 127 Å². The lowest BCUT2D eigenvalue weighted by Gasteiger charge is -2.37. The van der Waals surface area contributed by atoms with Crippen molar-refractivity contribution in [2.75, 3.05) is 19.7 Å². The summed E-state index contributed by atoms with van der Waals surface area (Å²) < 4.78 is 7.29. The fraction of sp³-hybridized carbons (Fsp3) is 0.400. The highest BCUT2D eigenvalue weighted by Crippen LogP contribution is 2.19. The van der Waals surface area contributed by atoms with Crippen molar-refractivity contribution in [3.05, 3.63) is 35.8 Å². The molecule has 7 heteroatoms. The average molecular weight is 302 g/mol. The van der Waals surface area contributed by atoms with Crippen LogP contribution in [0, 0.1) is 6.92 Å². The number of aromatic nitrogens is 2. The Balaban J connectivity index is 1.89. The van der Waals surface area contributed by atoms with Crippen molar-refractivity contribution in [2.45, 2.75) is 19.4 Å². The van der Waals surface area contributed by atoms with Crippen LogP contribution >= 0.6 is 0 Å². The van der Waals surface area contributed by atoms with Crippen molar-refractivity contribution < 1.29 is 14.3 Å². The first-order chi connectivity index (χ1) is 10.4. The number of imidazole rings is 1. The molecule has 1 atom stereocenters. The highest BCUT2D eigenvalue weighted by molar-refractivity contribution is 5.94. The summed E-state index contributed by atoms with van der Waals surface area (Å²) in [6.45, 7) is 4.37. The van der Waals surface area contributed by atoms with Crippen LogP contribution in [0.2, 0.25) is 0 Å². The first-order valence-corrected chi connectivity index (χ1v) is 7.08. The van der Waals surface area contributed by atoms with E-state index in [4.69, 9.17) is 10.5 Å². The predicted octanol–water partition coefficient (Wildman–Crippen LogP) is 0.359. The number of morpholine rings is 1. The molecule has 1 saturated heterocycles. The molecule has 1 fully saturated rings. The first kappa shape index (κ1) is 14.5. The van der Waals surface area contributed by atoms with Gasteiger partial charge < -0.3 is 19.8 Å². The molecule has 1 aliphatic rings. The number of nitrogens with two attached hydrogens (primary N) is 1. The predicted molar refractivity (Wildman–Crippen MR) is 79.4 cm³/mol. The Morgan fingerprint density at radius 3 is 2.86 bits per heavy atom. The van der Waals surface area contributed by atoms with E-state index in [1.54, 1.807) is 18.0 Å². The van der Waals surface area contributed by atoms with Gasteiger partial charge in [0.25, 0.3) is 11.8 Å². The number of hydrogen-bond acceptors (Lipinski definition) is 4. The summed E-state index contributed by atoms with van der Waals surface area (Å²) in [5.74, 6) is -0.797. The number of pyridine rings is 1. The van der Waals surface area contributed by atoms with Gasteiger partial charge in [-0.05, 0) is 26.0 Å². The van der Waals surface area contributed by atoms with E-state index < -0.39 is 11.5 Å². The highest BCUT2D eigenvalue weighted by atomic mass is 16.5. The second-order valence-corrected chi connectivity index (χ2v) is 5.69. The molecule has 116 valence electrons. The molecule has 0 bridgehead atoms. The molecule has 0 radical (unpaired) electrons. The average Bonchev–Trinajstić information content (AvgIpc) is 2.92. The maximum atomic E-state index is 12.6. The van der Waals surface area contributed by atoms with Crippen LogP contribution < -0.4 is 5.73 Å². The summed E-state index contributed by atoms with van der Waals surface area (Å²) in [4.78, 5) is 30.1. The molecule has 1 aliphatic heterocycles. The van der Waals surface area contributed by atoms with Crippen LogP contribution in [0.1, 0.15) is 23.1 Å². The summed E-state index contributed by atoms with van der Waals surface area (Å²) in [5.41, 5.74) is 6.27. The van der Waals surface area contributed by atoms with Gasteiger partial charge in [-0.25, -0.2) is 4.98 Å². The van der Waals surface area contributed by atoms with Crippen molar-refractivity contribution >= 4 is 17.5 Å². The van der Waals surface area contributed by atoms with E-state index in [2.05, 4.69) is 4.98 Å². The van der Waals surface area contributed by atoms with Crippen molar-refractivity contribution in [2.24, 2.45) is 5.73 Å². The number of carbonyl (C=O) groups excluding carboxylic acids is 2. The zero-order valence-electron chi connectivity index (χ0n) is 12.6. The van der Waals surface area contributed by atoms with Crippen molar-refractivity contribution in [1.82, 2.24) is 14.3 Å². The van der Waals surface area contributed by atoms with Gasteiger partial charge in [0.05, 0.1) is 13.2 Å². The monoisotopic (exact) mass is 302 g/mol. The highest BCUT2D eigenvalue weighted by Gasteiger charge is 2.39. The molecule has 1 unspecified atom stereocenters. The van der Waals surface area contributed by atoms with E-state index in [-0.39, 0.29) is 19.1 Å². The molecule has 7 nitrogen and oxygen atoms in total. The molecule has 0 aromatic carbocycles. The third kappa shape index (κ3) is 2.33. The lowest BCUT2D eigenvalue weighted by Crippen LogP contribution is -2.58. The van der Waals surface area contributed by atoms with E-state index in [1.165, 1.54) is 0 Å². The van der Waals surface area contributed by atoms with Gasteiger partial charge in [0.1, 0.15) is 11.3 Å². The Hall–Kier alpha value is -2.41. The number of ether oxygens (including phenoxy) is 1. The van der Waals surface area contributed by atoms with Gasteiger partial charge in [0.15, 0.2) is 5.60 Å². The standard InChI is InChI=1S/C15H18N4O3/c1-10-4-3-5-12-17-11(8-19(10)12)13(20)18-6-7-22-15(2,9-18)14(16)21/h3-5,8H,6-7,9H2,1-2H3,(H2,16,21). The largest absolute Gasteiger partial charge is 0.367 e. The lowest BCUT2D eigenvalue weighted by atomic mass is 10.0. The van der Waals surface area contributed by atoms with Crippen LogP contribution in [-0.4, -0.2) is 51.4 Å². The molecule has 2 aromatic heterocycles. The number of hydrogen-bond donors (Lipinski definition) is 1. The molecule has 3 rings (SSSR count). The minimum absolute atomic E-state index is 0.133. The minimum atomic E-state index is -1.15. The number of aryl methyl sites for hydroxylation is 1. The third-order valence-corrected chi connectivity index (χ3v) is 4.00. The number of fused-ring (bicyclic) bond motifs is 1. The molecular formula is C15H18N4O3. The van der Waals surface area contributed by atoms with E-state index in [0.29, 0.717) is 17.9 Å². The fourth-order valence-electron chi connectivity index (χ4n) is 2.61. The van der Waals surface area contributed by atoms with E-state index in [9.17, 15) is 9.59 Å². The van der Waals surface area contributed by atoms with Crippen molar-refractivity contribution in [3.8, 4) is 0 Å². The molecule has 2 amide bonds. The van der Waals surface area contributed by atoms with Gasteiger partial charge in [-0.15, -0.1) is 0 Å². The number of rotatable bonds is 2. The van der Waals surface area contributed by atoms with Crippen molar-refractivity contribution in [3.63, 3.8) is 0 Å². The van der Waals surface area contributed by atoms with Gasteiger partial charge >= 0.3 is 0 Å². The van der Waals surface area contributed by atoms with Crippen LogP contribution in [0.25, 0.3) is 5.65 Å². The molecule has 3 heterocycles. The zero-order valence-corrected chi connectivity index (χ0v) is 12.6. The van der Waals surface area contributed by atoms with Crippen molar-refractivity contribution in [1.29, 1.82) is 0 Å². The van der Waals surface area contributed by atoms with E-state index in [1.807, 2.05) is 29.5 Å².